The third kappa shape index (κ3) is 7.41. The molecular weight excluding hydrogens is 337 g/mol. The summed E-state index contributed by atoms with van der Waals surface area (Å²) in [6.07, 6.45) is -4.34. The number of hydrogen-bond donors (Lipinski definition) is 1. The number of halogens is 3. The van der Waals surface area contributed by atoms with Crippen molar-refractivity contribution in [2.24, 2.45) is 0 Å². The number of nitrogens with one attached hydrogen (secondary N) is 1. The summed E-state index contributed by atoms with van der Waals surface area (Å²) in [7, 11) is 0. The molecule has 1 saturated heterocycles. The summed E-state index contributed by atoms with van der Waals surface area (Å²) in [6, 6.07) is 6.35. The van der Waals surface area contributed by atoms with Crippen LogP contribution in [0.3, 0.4) is 0 Å². The molecule has 1 fully saturated rings. The molecule has 1 aromatic carbocycles. The predicted molar refractivity (Wildman–Crippen MR) is 86.3 cm³/mol. The molecule has 140 valence electrons. The Morgan fingerprint density at radius 1 is 1.28 bits per heavy atom. The van der Waals surface area contributed by atoms with Crippen molar-refractivity contribution in [1.82, 2.24) is 10.2 Å². The number of amides is 1. The van der Waals surface area contributed by atoms with Crippen LogP contribution in [0.2, 0.25) is 0 Å². The van der Waals surface area contributed by atoms with Crippen LogP contribution in [-0.4, -0.2) is 62.5 Å². The Morgan fingerprint density at radius 2 is 1.92 bits per heavy atom. The number of carbonyl (C=O) groups is 1. The zero-order chi connectivity index (χ0) is 18.3. The van der Waals surface area contributed by atoms with Gasteiger partial charge in [-0.3, -0.25) is 9.69 Å². The number of ether oxygens (including phenoxy) is 2. The summed E-state index contributed by atoms with van der Waals surface area (Å²) >= 11 is 0. The summed E-state index contributed by atoms with van der Waals surface area (Å²) in [5, 5.41) is 2.92. The fraction of sp³-hybridized carbons (Fsp3) is 0.588. The number of nitrogens with zero attached hydrogens (tertiary/aromatic N) is 1. The van der Waals surface area contributed by atoms with Gasteiger partial charge in [-0.2, -0.15) is 13.2 Å². The van der Waals surface area contributed by atoms with Crippen LogP contribution in [0.4, 0.5) is 13.2 Å². The van der Waals surface area contributed by atoms with E-state index in [9.17, 15) is 18.0 Å². The zero-order valence-corrected chi connectivity index (χ0v) is 14.1. The van der Waals surface area contributed by atoms with Crippen LogP contribution >= 0.6 is 0 Å². The van der Waals surface area contributed by atoms with E-state index in [1.165, 1.54) is 0 Å². The Balaban J connectivity index is 1.77. The highest BCUT2D eigenvalue weighted by molar-refractivity contribution is 5.94. The molecule has 0 radical (unpaired) electrons. The van der Waals surface area contributed by atoms with Crippen molar-refractivity contribution in [3.05, 3.63) is 35.4 Å². The van der Waals surface area contributed by atoms with Crippen LogP contribution in [-0.2, 0) is 16.1 Å². The summed E-state index contributed by atoms with van der Waals surface area (Å²) in [6.45, 7) is 4.38. The molecule has 0 saturated carbocycles. The van der Waals surface area contributed by atoms with E-state index in [0.29, 0.717) is 24.3 Å². The van der Waals surface area contributed by atoms with Crippen molar-refractivity contribution in [3.8, 4) is 0 Å². The molecule has 1 N–H and O–H groups in total. The van der Waals surface area contributed by atoms with Crippen molar-refractivity contribution in [1.29, 1.82) is 0 Å². The molecular formula is C17H23F3N2O3. The van der Waals surface area contributed by atoms with Gasteiger partial charge in [-0.05, 0) is 24.6 Å². The number of morpholine rings is 1. The lowest BCUT2D eigenvalue weighted by molar-refractivity contribution is -0.176. The van der Waals surface area contributed by atoms with E-state index in [-0.39, 0.29) is 18.6 Å². The van der Waals surface area contributed by atoms with E-state index in [1.54, 1.807) is 24.3 Å². The maximum absolute atomic E-state index is 12.2. The van der Waals surface area contributed by atoms with Gasteiger partial charge in [0.2, 0.25) is 0 Å². The highest BCUT2D eigenvalue weighted by Crippen LogP contribution is 2.16. The van der Waals surface area contributed by atoms with Crippen LogP contribution in [0.25, 0.3) is 0 Å². The van der Waals surface area contributed by atoms with Gasteiger partial charge < -0.3 is 14.8 Å². The molecule has 1 aliphatic heterocycles. The summed E-state index contributed by atoms with van der Waals surface area (Å²) in [5.41, 5.74) is 1.05. The Morgan fingerprint density at radius 3 is 2.52 bits per heavy atom. The highest BCUT2D eigenvalue weighted by atomic mass is 19.4. The molecule has 25 heavy (non-hydrogen) atoms. The van der Waals surface area contributed by atoms with Gasteiger partial charge in [-0.25, -0.2) is 0 Å². The van der Waals surface area contributed by atoms with Crippen molar-refractivity contribution in [2.75, 3.05) is 39.5 Å². The van der Waals surface area contributed by atoms with Crippen molar-refractivity contribution in [3.63, 3.8) is 0 Å². The number of carbonyl (C=O) groups excluding carboxylic acids is 1. The van der Waals surface area contributed by atoms with E-state index < -0.39 is 12.8 Å². The Bertz CT molecular complexity index is 543. The van der Waals surface area contributed by atoms with Gasteiger partial charge >= 0.3 is 6.18 Å². The molecule has 1 heterocycles. The maximum atomic E-state index is 12.2. The van der Waals surface area contributed by atoms with Crippen LogP contribution in [0.15, 0.2) is 24.3 Å². The highest BCUT2D eigenvalue weighted by Gasteiger charge is 2.27. The van der Waals surface area contributed by atoms with Crippen LogP contribution in [0, 0.1) is 0 Å². The number of alkyl halides is 3. The zero-order valence-electron chi connectivity index (χ0n) is 14.1. The van der Waals surface area contributed by atoms with Gasteiger partial charge in [-0.15, -0.1) is 0 Å². The summed E-state index contributed by atoms with van der Waals surface area (Å²) in [5.74, 6) is -0.205. The number of benzene rings is 1. The van der Waals surface area contributed by atoms with E-state index in [0.717, 1.165) is 19.6 Å². The average Bonchev–Trinajstić information content (AvgIpc) is 2.55. The largest absolute Gasteiger partial charge is 0.411 e. The molecule has 1 unspecified atom stereocenters. The first-order valence-electron chi connectivity index (χ1n) is 8.18. The standard InChI is InChI=1S/C17H23F3N2O3/c1-13(10-22-6-8-24-9-7-22)21-16(23)15-4-2-14(3-5-15)11-25-12-17(18,19)20/h2-5,13H,6-12H2,1H3,(H,21,23). The minimum absolute atomic E-state index is 0.0135. The third-order valence-corrected chi connectivity index (χ3v) is 3.76. The van der Waals surface area contributed by atoms with Crippen molar-refractivity contribution in [2.45, 2.75) is 25.7 Å². The van der Waals surface area contributed by atoms with E-state index in [4.69, 9.17) is 4.74 Å². The second-order valence-corrected chi connectivity index (χ2v) is 6.09. The number of hydrogen-bond acceptors (Lipinski definition) is 4. The molecule has 1 aromatic rings. The van der Waals surface area contributed by atoms with E-state index in [1.807, 2.05) is 6.92 Å². The van der Waals surface area contributed by atoms with Crippen LogP contribution < -0.4 is 5.32 Å². The SMILES string of the molecule is CC(CN1CCOCC1)NC(=O)c1ccc(COCC(F)(F)F)cc1. The first-order valence-corrected chi connectivity index (χ1v) is 8.18. The molecule has 1 atom stereocenters. The van der Waals surface area contributed by atoms with Crippen molar-refractivity contribution < 1.29 is 27.4 Å². The molecule has 0 bridgehead atoms. The molecule has 0 aliphatic carbocycles. The molecule has 5 nitrogen and oxygen atoms in total. The second kappa shape index (κ2) is 9.17. The van der Waals surface area contributed by atoms with Gasteiger partial charge in [-0.1, -0.05) is 12.1 Å². The fourth-order valence-corrected chi connectivity index (χ4v) is 2.56. The molecule has 8 heteroatoms. The Hall–Kier alpha value is -1.64. The van der Waals surface area contributed by atoms with E-state index >= 15 is 0 Å². The smallest absolute Gasteiger partial charge is 0.379 e. The lowest BCUT2D eigenvalue weighted by atomic mass is 10.1. The normalized spacial score (nSPS) is 17.3. The number of rotatable bonds is 7. The summed E-state index contributed by atoms with van der Waals surface area (Å²) in [4.78, 5) is 14.5. The molecule has 1 aliphatic rings. The first kappa shape index (κ1) is 19.7. The minimum Gasteiger partial charge on any atom is -0.379 e. The van der Waals surface area contributed by atoms with Crippen LogP contribution in [0.1, 0.15) is 22.8 Å². The first-order chi connectivity index (χ1) is 11.8. The maximum Gasteiger partial charge on any atom is 0.411 e. The quantitative estimate of drug-likeness (QED) is 0.810. The predicted octanol–water partition coefficient (Wildman–Crippen LogP) is 2.22. The summed E-state index contributed by atoms with van der Waals surface area (Å²) < 4.78 is 46.0. The third-order valence-electron chi connectivity index (χ3n) is 3.76. The fourth-order valence-electron chi connectivity index (χ4n) is 2.56. The van der Waals surface area contributed by atoms with Gasteiger partial charge in [0.15, 0.2) is 0 Å². The molecule has 0 spiro atoms. The minimum atomic E-state index is -4.34. The molecule has 0 aromatic heterocycles. The monoisotopic (exact) mass is 360 g/mol. The molecule has 2 rings (SSSR count). The lowest BCUT2D eigenvalue weighted by Gasteiger charge is -2.29. The Labute approximate surface area is 145 Å². The Kier molecular flexibility index (Phi) is 7.22. The van der Waals surface area contributed by atoms with Crippen molar-refractivity contribution >= 4 is 5.91 Å². The average molecular weight is 360 g/mol. The van der Waals surface area contributed by atoms with E-state index in [2.05, 4.69) is 15.0 Å². The van der Waals surface area contributed by atoms with Crippen LogP contribution in [0.5, 0.6) is 0 Å². The van der Waals surface area contributed by atoms with Gasteiger partial charge in [0, 0.05) is 31.2 Å². The van der Waals surface area contributed by atoms with Gasteiger partial charge in [0.25, 0.3) is 5.91 Å². The second-order valence-electron chi connectivity index (χ2n) is 6.09. The topological polar surface area (TPSA) is 50.8 Å². The van der Waals surface area contributed by atoms with Gasteiger partial charge in [0.05, 0.1) is 19.8 Å². The lowest BCUT2D eigenvalue weighted by Crippen LogP contribution is -2.46. The molecule has 1 amide bonds. The van der Waals surface area contributed by atoms with Gasteiger partial charge in [0.1, 0.15) is 6.61 Å².